The van der Waals surface area contributed by atoms with Crippen LogP contribution in [0.5, 0.6) is 0 Å². The number of fused-ring (bicyclic) bond motifs is 1. The van der Waals surface area contributed by atoms with Crippen LogP contribution in [0.2, 0.25) is 0 Å². The summed E-state index contributed by atoms with van der Waals surface area (Å²) in [5, 5.41) is 35.7. The van der Waals surface area contributed by atoms with Crippen molar-refractivity contribution in [3.8, 4) is 6.07 Å². The fraction of sp³-hybridized carbons (Fsp3) is 0.333. The molecule has 5 heteroatoms. The van der Waals surface area contributed by atoms with E-state index in [9.17, 15) is 10.2 Å². The van der Waals surface area contributed by atoms with Gasteiger partial charge in [0.05, 0.1) is 30.3 Å². The highest BCUT2D eigenvalue weighted by molar-refractivity contribution is 5.79. The van der Waals surface area contributed by atoms with Crippen molar-refractivity contribution in [3.63, 3.8) is 0 Å². The molecule has 0 saturated heterocycles. The van der Waals surface area contributed by atoms with E-state index in [1.165, 1.54) is 0 Å². The molecule has 0 aliphatic heterocycles. The van der Waals surface area contributed by atoms with Crippen LogP contribution in [-0.4, -0.2) is 26.5 Å². The zero-order valence-electron chi connectivity index (χ0n) is 9.38. The molecule has 3 N–H and O–H groups in total. The van der Waals surface area contributed by atoms with Crippen LogP contribution in [0.4, 0.5) is 0 Å². The lowest BCUT2D eigenvalue weighted by molar-refractivity contribution is 0.0213. The van der Waals surface area contributed by atoms with Gasteiger partial charge in [-0.2, -0.15) is 10.4 Å². The number of nitrogens with zero attached hydrogens (tertiary/aromatic N) is 2. The number of aromatic nitrogens is 2. The van der Waals surface area contributed by atoms with Crippen molar-refractivity contribution in [2.75, 3.05) is 0 Å². The summed E-state index contributed by atoms with van der Waals surface area (Å²) in [5.41, 5.74) is 2.36. The van der Waals surface area contributed by atoms with Crippen molar-refractivity contribution in [3.05, 3.63) is 29.5 Å². The second-order valence-electron chi connectivity index (χ2n) is 4.04. The van der Waals surface area contributed by atoms with Crippen LogP contribution in [0.15, 0.2) is 18.3 Å². The topological polar surface area (TPSA) is 92.9 Å². The summed E-state index contributed by atoms with van der Waals surface area (Å²) in [4.78, 5) is 0. The number of nitrogens with one attached hydrogen (secondary N) is 1. The van der Waals surface area contributed by atoms with E-state index in [0.717, 1.165) is 16.5 Å². The molecule has 0 spiro atoms. The van der Waals surface area contributed by atoms with Crippen molar-refractivity contribution < 1.29 is 10.2 Å². The molecule has 5 nitrogen and oxygen atoms in total. The third-order valence-electron chi connectivity index (χ3n) is 2.81. The van der Waals surface area contributed by atoms with E-state index in [1.54, 1.807) is 12.3 Å². The molecule has 0 amide bonds. The molecular weight excluding hydrogens is 218 g/mol. The number of aryl methyl sites for hydroxylation is 1. The molecule has 1 aromatic heterocycles. The lowest BCUT2D eigenvalue weighted by atomic mass is 9.97. The second-order valence-corrected chi connectivity index (χ2v) is 4.04. The van der Waals surface area contributed by atoms with Gasteiger partial charge in [-0.1, -0.05) is 0 Å². The van der Waals surface area contributed by atoms with E-state index < -0.39 is 12.2 Å². The van der Waals surface area contributed by atoms with Gasteiger partial charge in [-0.15, -0.1) is 0 Å². The van der Waals surface area contributed by atoms with E-state index in [1.807, 2.05) is 19.1 Å². The Labute approximate surface area is 98.3 Å². The van der Waals surface area contributed by atoms with E-state index in [4.69, 9.17) is 5.26 Å². The van der Waals surface area contributed by atoms with Crippen LogP contribution < -0.4 is 0 Å². The van der Waals surface area contributed by atoms with Crippen LogP contribution in [0.3, 0.4) is 0 Å². The monoisotopic (exact) mass is 231 g/mol. The fourth-order valence-electron chi connectivity index (χ4n) is 1.85. The summed E-state index contributed by atoms with van der Waals surface area (Å²) in [7, 11) is 0. The fourth-order valence-corrected chi connectivity index (χ4v) is 1.85. The molecule has 0 fully saturated rings. The minimum absolute atomic E-state index is 0.0932. The molecule has 2 atom stereocenters. The highest BCUT2D eigenvalue weighted by Gasteiger charge is 2.20. The maximum Gasteiger partial charge on any atom is 0.106 e. The maximum atomic E-state index is 9.97. The Morgan fingerprint density at radius 3 is 2.94 bits per heavy atom. The smallest absolute Gasteiger partial charge is 0.106 e. The Kier molecular flexibility index (Phi) is 3.09. The number of aliphatic hydroxyl groups is 2. The van der Waals surface area contributed by atoms with Crippen LogP contribution in [0, 0.1) is 18.3 Å². The average molecular weight is 231 g/mol. The zero-order chi connectivity index (χ0) is 12.4. The van der Waals surface area contributed by atoms with Crippen molar-refractivity contribution >= 4 is 10.9 Å². The number of aromatic amines is 1. The van der Waals surface area contributed by atoms with Crippen LogP contribution in [0.25, 0.3) is 10.9 Å². The first-order valence-electron chi connectivity index (χ1n) is 5.30. The first-order valence-corrected chi connectivity index (χ1v) is 5.30. The van der Waals surface area contributed by atoms with Crippen molar-refractivity contribution in [1.82, 2.24) is 10.2 Å². The molecule has 2 aromatic rings. The first kappa shape index (κ1) is 11.6. The quantitative estimate of drug-likeness (QED) is 0.739. The Hall–Kier alpha value is -1.90. The predicted molar refractivity (Wildman–Crippen MR) is 62.0 cm³/mol. The van der Waals surface area contributed by atoms with Gasteiger partial charge in [0.1, 0.15) is 6.10 Å². The largest absolute Gasteiger partial charge is 0.389 e. The Bertz CT molecular complexity index is 571. The summed E-state index contributed by atoms with van der Waals surface area (Å²) < 4.78 is 0. The molecule has 2 unspecified atom stereocenters. The molecule has 17 heavy (non-hydrogen) atoms. The summed E-state index contributed by atoms with van der Waals surface area (Å²) >= 11 is 0. The average Bonchev–Trinajstić information content (AvgIpc) is 2.74. The third kappa shape index (κ3) is 2.13. The van der Waals surface area contributed by atoms with Crippen LogP contribution >= 0.6 is 0 Å². The van der Waals surface area contributed by atoms with Crippen LogP contribution in [-0.2, 0) is 0 Å². The maximum absolute atomic E-state index is 9.97. The molecule has 1 aromatic carbocycles. The third-order valence-corrected chi connectivity index (χ3v) is 2.81. The van der Waals surface area contributed by atoms with Gasteiger partial charge < -0.3 is 10.2 Å². The standard InChI is InChI=1S/C12H13N3O2/c1-7-4-10-8(6-14-15-10)5-9(7)12(17)11(16)2-3-13/h4-6,11-12,16-17H,2H2,1H3,(H,14,15). The summed E-state index contributed by atoms with van der Waals surface area (Å²) in [6.07, 6.45) is -0.553. The van der Waals surface area contributed by atoms with Gasteiger partial charge in [-0.3, -0.25) is 5.10 Å². The lowest BCUT2D eigenvalue weighted by Crippen LogP contribution is -2.18. The summed E-state index contributed by atoms with van der Waals surface area (Å²) in [6.45, 7) is 1.85. The molecule has 0 saturated carbocycles. The van der Waals surface area contributed by atoms with E-state index in [2.05, 4.69) is 10.2 Å². The van der Waals surface area contributed by atoms with Crippen LogP contribution in [0.1, 0.15) is 23.7 Å². The van der Waals surface area contributed by atoms with E-state index in [-0.39, 0.29) is 6.42 Å². The second kappa shape index (κ2) is 4.53. The first-order chi connectivity index (χ1) is 8.13. The molecule has 1 heterocycles. The molecular formula is C12H13N3O2. The van der Waals surface area contributed by atoms with Gasteiger partial charge in [0.25, 0.3) is 0 Å². The molecule has 0 aliphatic carbocycles. The molecule has 88 valence electrons. The van der Waals surface area contributed by atoms with Gasteiger partial charge >= 0.3 is 0 Å². The molecule has 2 rings (SSSR count). The number of rotatable bonds is 3. The number of aliphatic hydroxyl groups excluding tert-OH is 2. The highest BCUT2D eigenvalue weighted by Crippen LogP contribution is 2.26. The molecule has 0 aliphatic rings. The van der Waals surface area contributed by atoms with Crippen molar-refractivity contribution in [1.29, 1.82) is 5.26 Å². The number of H-pyrrole nitrogens is 1. The van der Waals surface area contributed by atoms with E-state index >= 15 is 0 Å². The number of nitriles is 1. The van der Waals surface area contributed by atoms with E-state index in [0.29, 0.717) is 5.56 Å². The minimum Gasteiger partial charge on any atom is -0.389 e. The number of hydrogen-bond acceptors (Lipinski definition) is 4. The molecule has 0 radical (unpaired) electrons. The van der Waals surface area contributed by atoms with Crippen molar-refractivity contribution in [2.24, 2.45) is 0 Å². The van der Waals surface area contributed by atoms with Crippen molar-refractivity contribution in [2.45, 2.75) is 25.6 Å². The SMILES string of the molecule is Cc1cc2[nH]ncc2cc1C(O)C(O)CC#N. The Morgan fingerprint density at radius 2 is 2.24 bits per heavy atom. The normalized spacial score (nSPS) is 14.5. The number of hydrogen-bond donors (Lipinski definition) is 3. The lowest BCUT2D eigenvalue weighted by Gasteiger charge is -2.17. The Balaban J connectivity index is 2.40. The van der Waals surface area contributed by atoms with Gasteiger partial charge in [-0.25, -0.2) is 0 Å². The minimum atomic E-state index is -1.07. The highest BCUT2D eigenvalue weighted by atomic mass is 16.3. The van der Waals surface area contributed by atoms with Gasteiger partial charge in [0, 0.05) is 5.39 Å². The van der Waals surface area contributed by atoms with Gasteiger partial charge in [0.15, 0.2) is 0 Å². The summed E-state index contributed by atoms with van der Waals surface area (Å²) in [5.74, 6) is 0. The number of benzene rings is 1. The van der Waals surface area contributed by atoms with Gasteiger partial charge in [-0.05, 0) is 30.2 Å². The summed E-state index contributed by atoms with van der Waals surface area (Å²) in [6, 6.07) is 5.48. The predicted octanol–water partition coefficient (Wildman–Crippen LogP) is 1.18. The zero-order valence-corrected chi connectivity index (χ0v) is 9.38. The van der Waals surface area contributed by atoms with Gasteiger partial charge in [0.2, 0.25) is 0 Å². The molecule has 0 bridgehead atoms. The Morgan fingerprint density at radius 1 is 1.47 bits per heavy atom.